The minimum atomic E-state index is -4.37. The first kappa shape index (κ1) is 24.2. The molecule has 12 heteroatoms. The number of anilines is 2. The average Bonchev–Trinajstić information content (AvgIpc) is 2.83. The van der Waals surface area contributed by atoms with E-state index in [0.29, 0.717) is 5.69 Å². The second-order valence-corrected chi connectivity index (χ2v) is 9.53. The third-order valence-corrected chi connectivity index (χ3v) is 7.06. The maximum absolute atomic E-state index is 13.7. The Bertz CT molecular complexity index is 1380. The van der Waals surface area contributed by atoms with Crippen molar-refractivity contribution in [3.05, 3.63) is 77.3 Å². The van der Waals surface area contributed by atoms with E-state index in [1.165, 1.54) is 43.5 Å². The van der Waals surface area contributed by atoms with E-state index >= 15 is 0 Å². The lowest BCUT2D eigenvalue weighted by Crippen LogP contribution is -2.45. The summed E-state index contributed by atoms with van der Waals surface area (Å²) < 4.78 is 43.8. The van der Waals surface area contributed by atoms with Gasteiger partial charge in [0, 0.05) is 16.3 Å². The third kappa shape index (κ3) is 5.10. The number of halogens is 1. The van der Waals surface area contributed by atoms with Gasteiger partial charge in [0.25, 0.3) is 22.2 Å². The molecule has 2 N–H and O–H groups in total. The van der Waals surface area contributed by atoms with Crippen LogP contribution in [-0.4, -0.2) is 45.5 Å². The van der Waals surface area contributed by atoms with Crippen molar-refractivity contribution in [3.8, 4) is 11.5 Å². The van der Waals surface area contributed by atoms with Gasteiger partial charge < -0.3 is 24.6 Å². The summed E-state index contributed by atoms with van der Waals surface area (Å²) >= 11 is 6.04. The number of carbonyl (C=O) groups excluding carboxylic acids is 1. The Hall–Kier alpha value is -3.96. The SMILES string of the molecule is COc1ccc(Cl)cc1S(=O)(=O)N1CC(OC(=O)O)Oc2ccc(C(=O)Nc3ccccc3)cc21. The number of fused-ring (bicyclic) bond motifs is 1. The number of hydrogen-bond acceptors (Lipinski definition) is 7. The van der Waals surface area contributed by atoms with Gasteiger partial charge >= 0.3 is 6.16 Å². The first-order chi connectivity index (χ1) is 16.7. The van der Waals surface area contributed by atoms with Gasteiger partial charge in [0.2, 0.25) is 0 Å². The van der Waals surface area contributed by atoms with Crippen LogP contribution in [0.3, 0.4) is 0 Å². The molecule has 1 aliphatic heterocycles. The summed E-state index contributed by atoms with van der Waals surface area (Å²) in [7, 11) is -3.07. The Morgan fingerprint density at radius 1 is 1.11 bits per heavy atom. The number of methoxy groups -OCH3 is 1. The molecule has 35 heavy (non-hydrogen) atoms. The van der Waals surface area contributed by atoms with E-state index in [4.69, 9.17) is 30.9 Å². The summed E-state index contributed by atoms with van der Waals surface area (Å²) in [4.78, 5) is 23.7. The quantitative estimate of drug-likeness (QED) is 0.464. The largest absolute Gasteiger partial charge is 0.508 e. The smallest absolute Gasteiger partial charge is 0.495 e. The van der Waals surface area contributed by atoms with Crippen molar-refractivity contribution in [1.82, 2.24) is 0 Å². The highest BCUT2D eigenvalue weighted by molar-refractivity contribution is 7.93. The Kier molecular flexibility index (Phi) is 6.72. The molecule has 1 heterocycles. The Labute approximate surface area is 205 Å². The zero-order valence-electron chi connectivity index (χ0n) is 18.2. The average molecular weight is 519 g/mol. The number of nitrogens with zero attached hydrogens (tertiary/aromatic N) is 1. The number of nitrogens with one attached hydrogen (secondary N) is 1. The lowest BCUT2D eigenvalue weighted by atomic mass is 10.1. The number of carbonyl (C=O) groups is 2. The molecule has 3 aromatic rings. The first-order valence-corrected chi connectivity index (χ1v) is 11.9. The molecule has 0 radical (unpaired) electrons. The van der Waals surface area contributed by atoms with Crippen molar-refractivity contribution in [1.29, 1.82) is 0 Å². The van der Waals surface area contributed by atoms with Crippen LogP contribution in [-0.2, 0) is 14.8 Å². The van der Waals surface area contributed by atoms with Crippen molar-refractivity contribution in [3.63, 3.8) is 0 Å². The van der Waals surface area contributed by atoms with E-state index in [1.54, 1.807) is 30.3 Å². The number of rotatable bonds is 6. The van der Waals surface area contributed by atoms with Gasteiger partial charge in [-0.2, -0.15) is 0 Å². The molecule has 1 atom stereocenters. The van der Waals surface area contributed by atoms with Crippen molar-refractivity contribution in [2.24, 2.45) is 0 Å². The van der Waals surface area contributed by atoms with Crippen molar-refractivity contribution < 1.29 is 37.3 Å². The van der Waals surface area contributed by atoms with Gasteiger partial charge in [0.1, 0.15) is 22.9 Å². The highest BCUT2D eigenvalue weighted by Crippen LogP contribution is 2.40. The molecule has 1 amide bonds. The molecule has 0 aromatic heterocycles. The summed E-state index contributed by atoms with van der Waals surface area (Å²) in [5.74, 6) is -0.458. The van der Waals surface area contributed by atoms with Gasteiger partial charge in [-0.25, -0.2) is 13.2 Å². The van der Waals surface area contributed by atoms with Gasteiger partial charge in [-0.3, -0.25) is 9.10 Å². The molecule has 182 valence electrons. The van der Waals surface area contributed by atoms with E-state index in [2.05, 4.69) is 5.32 Å². The second kappa shape index (κ2) is 9.72. The van der Waals surface area contributed by atoms with Gasteiger partial charge in [-0.05, 0) is 48.5 Å². The molecular weight excluding hydrogens is 500 g/mol. The molecule has 0 aliphatic carbocycles. The summed E-state index contributed by atoms with van der Waals surface area (Å²) in [6.45, 7) is -0.513. The molecule has 1 aliphatic rings. The molecular formula is C23H19ClN2O8S. The number of carboxylic acid groups (broad SMARTS) is 1. The number of sulfonamides is 1. The lowest BCUT2D eigenvalue weighted by molar-refractivity contribution is -0.0497. The second-order valence-electron chi connectivity index (χ2n) is 7.27. The highest BCUT2D eigenvalue weighted by Gasteiger charge is 2.38. The third-order valence-electron chi connectivity index (χ3n) is 5.02. The van der Waals surface area contributed by atoms with Crippen LogP contribution in [0.5, 0.6) is 11.5 Å². The summed E-state index contributed by atoms with van der Waals surface area (Å²) in [5.41, 5.74) is 0.708. The van der Waals surface area contributed by atoms with Crippen LogP contribution in [0.15, 0.2) is 71.6 Å². The molecule has 0 saturated heterocycles. The van der Waals surface area contributed by atoms with Gasteiger partial charge in [0.05, 0.1) is 12.8 Å². The van der Waals surface area contributed by atoms with Crippen LogP contribution in [0, 0.1) is 0 Å². The van der Waals surface area contributed by atoms with Crippen LogP contribution in [0.2, 0.25) is 5.02 Å². The summed E-state index contributed by atoms with van der Waals surface area (Å²) in [5, 5.41) is 11.9. The van der Waals surface area contributed by atoms with Crippen LogP contribution < -0.4 is 19.1 Å². The maximum atomic E-state index is 13.7. The molecule has 10 nitrogen and oxygen atoms in total. The van der Waals surface area contributed by atoms with E-state index in [1.807, 2.05) is 0 Å². The predicted molar refractivity (Wildman–Crippen MR) is 127 cm³/mol. The van der Waals surface area contributed by atoms with E-state index < -0.39 is 34.9 Å². The number of ether oxygens (including phenoxy) is 3. The molecule has 4 rings (SSSR count). The Morgan fingerprint density at radius 2 is 1.86 bits per heavy atom. The van der Waals surface area contributed by atoms with Crippen molar-refractivity contribution in [2.45, 2.75) is 11.2 Å². The fourth-order valence-electron chi connectivity index (χ4n) is 3.46. The number of amides is 1. The van der Waals surface area contributed by atoms with Crippen molar-refractivity contribution in [2.75, 3.05) is 23.3 Å². The monoisotopic (exact) mass is 518 g/mol. The normalized spacial score (nSPS) is 14.9. The zero-order valence-corrected chi connectivity index (χ0v) is 19.7. The van der Waals surface area contributed by atoms with Gasteiger partial charge in [-0.15, -0.1) is 0 Å². The molecule has 0 saturated carbocycles. The fourth-order valence-corrected chi connectivity index (χ4v) is 5.34. The fraction of sp³-hybridized carbons (Fsp3) is 0.130. The summed E-state index contributed by atoms with van der Waals surface area (Å²) in [6.07, 6.45) is -3.10. The summed E-state index contributed by atoms with van der Waals surface area (Å²) in [6, 6.07) is 16.9. The number of para-hydroxylation sites is 1. The van der Waals surface area contributed by atoms with Crippen LogP contribution in [0.25, 0.3) is 0 Å². The minimum absolute atomic E-state index is 0.00308. The van der Waals surface area contributed by atoms with Gasteiger partial charge in [0.15, 0.2) is 0 Å². The van der Waals surface area contributed by atoms with E-state index in [0.717, 1.165) is 4.31 Å². The van der Waals surface area contributed by atoms with Crippen LogP contribution >= 0.6 is 11.6 Å². The van der Waals surface area contributed by atoms with E-state index in [9.17, 15) is 18.0 Å². The highest BCUT2D eigenvalue weighted by atomic mass is 35.5. The zero-order chi connectivity index (χ0) is 25.2. The molecule has 0 fully saturated rings. The van der Waals surface area contributed by atoms with Crippen LogP contribution in [0.4, 0.5) is 16.2 Å². The predicted octanol–water partition coefficient (Wildman–Crippen LogP) is 4.21. The molecule has 0 spiro atoms. The van der Waals surface area contributed by atoms with E-state index in [-0.39, 0.29) is 32.7 Å². The lowest BCUT2D eigenvalue weighted by Gasteiger charge is -2.34. The minimum Gasteiger partial charge on any atom is -0.495 e. The van der Waals surface area contributed by atoms with Crippen LogP contribution in [0.1, 0.15) is 10.4 Å². The Balaban J connectivity index is 1.78. The molecule has 3 aromatic carbocycles. The first-order valence-electron chi connectivity index (χ1n) is 10.1. The number of benzene rings is 3. The van der Waals surface area contributed by atoms with Gasteiger partial charge in [-0.1, -0.05) is 29.8 Å². The maximum Gasteiger partial charge on any atom is 0.508 e. The number of hydrogen-bond donors (Lipinski definition) is 2. The topological polar surface area (TPSA) is 131 Å². The molecule has 0 bridgehead atoms. The Morgan fingerprint density at radius 3 is 2.54 bits per heavy atom. The molecule has 1 unspecified atom stereocenters. The van der Waals surface area contributed by atoms with Crippen molar-refractivity contribution >= 4 is 45.1 Å². The standard InChI is InChI=1S/C23H19ClN2O8S/c1-32-19-10-8-15(24)12-20(19)35(30,31)26-13-21(34-23(28)29)33-18-9-7-14(11-17(18)26)22(27)25-16-5-3-2-4-6-16/h2-12,21H,13H2,1H3,(H,25,27)(H,28,29).